The van der Waals surface area contributed by atoms with Crippen molar-refractivity contribution in [1.82, 2.24) is 10.2 Å². The lowest BCUT2D eigenvalue weighted by Gasteiger charge is -2.41. The summed E-state index contributed by atoms with van der Waals surface area (Å²) in [6.07, 6.45) is -8.66. The molecule has 3 aromatic rings. The number of halogens is 6. The van der Waals surface area contributed by atoms with Gasteiger partial charge in [-0.05, 0) is 60.2 Å². The van der Waals surface area contributed by atoms with Crippen molar-refractivity contribution in [2.24, 2.45) is 0 Å². The highest BCUT2D eigenvalue weighted by Gasteiger charge is 2.42. The number of nitrogens with zero attached hydrogens (tertiary/aromatic N) is 1. The minimum Gasteiger partial charge on any atom is -0.467 e. The number of alkyl halides is 6. The van der Waals surface area contributed by atoms with E-state index in [0.29, 0.717) is 24.8 Å². The van der Waals surface area contributed by atoms with Gasteiger partial charge in [0.2, 0.25) is 0 Å². The molecule has 0 bridgehead atoms. The fourth-order valence-electron chi connectivity index (χ4n) is 5.19. The van der Waals surface area contributed by atoms with E-state index in [1.165, 1.54) is 36.3 Å². The molecule has 4 rings (SSSR count). The molecule has 13 heteroatoms. The Morgan fingerprint density at radius 3 is 1.88 bits per heavy atom. The van der Waals surface area contributed by atoms with E-state index in [4.69, 9.17) is 4.74 Å². The third-order valence-corrected chi connectivity index (χ3v) is 6.99. The molecule has 1 N–H and O–H groups in total. The summed E-state index contributed by atoms with van der Waals surface area (Å²) in [7, 11) is 1.19. The lowest BCUT2D eigenvalue weighted by atomic mass is 9.77. The number of rotatable bonds is 8. The first kappa shape index (κ1) is 31.5. The van der Waals surface area contributed by atoms with Crippen LogP contribution in [0.25, 0.3) is 0 Å². The fourth-order valence-corrected chi connectivity index (χ4v) is 5.19. The third-order valence-electron chi connectivity index (χ3n) is 6.99. The largest absolute Gasteiger partial charge is 0.573 e. The Bertz CT molecular complexity index is 1350. The Morgan fingerprint density at radius 2 is 1.37 bits per heavy atom. The highest BCUT2D eigenvalue weighted by Crippen LogP contribution is 2.39. The Hall–Kier alpha value is -4.42. The van der Waals surface area contributed by atoms with Gasteiger partial charge in [-0.2, -0.15) is 0 Å². The predicted molar refractivity (Wildman–Crippen MR) is 142 cm³/mol. The molecule has 1 aliphatic heterocycles. The summed E-state index contributed by atoms with van der Waals surface area (Å²) in [6, 6.07) is 16.5. The average molecular weight is 611 g/mol. The zero-order valence-corrected chi connectivity index (χ0v) is 22.9. The molecule has 1 saturated heterocycles. The quantitative estimate of drug-likeness (QED) is 0.227. The van der Waals surface area contributed by atoms with Gasteiger partial charge in [-0.15, -0.1) is 26.3 Å². The number of ether oxygens (including phenoxy) is 3. The van der Waals surface area contributed by atoms with E-state index < -0.39 is 47.8 Å². The maximum atomic E-state index is 14.0. The molecule has 0 unspecified atom stereocenters. The number of esters is 1. The Balaban J connectivity index is 1.92. The molecule has 3 aromatic carbocycles. The molecule has 0 aliphatic carbocycles. The van der Waals surface area contributed by atoms with Crippen molar-refractivity contribution >= 4 is 12.0 Å². The smallest absolute Gasteiger partial charge is 0.467 e. The van der Waals surface area contributed by atoms with E-state index in [1.54, 1.807) is 30.3 Å². The number of likely N-dealkylation sites (tertiary alicyclic amines) is 1. The summed E-state index contributed by atoms with van der Waals surface area (Å²) in [4.78, 5) is 27.8. The van der Waals surface area contributed by atoms with E-state index >= 15 is 0 Å². The van der Waals surface area contributed by atoms with Crippen LogP contribution >= 0.6 is 0 Å². The van der Waals surface area contributed by atoms with Crippen molar-refractivity contribution in [3.8, 4) is 11.5 Å². The van der Waals surface area contributed by atoms with Crippen LogP contribution in [-0.4, -0.2) is 49.3 Å². The molecule has 1 aliphatic rings. The fraction of sp³-hybridized carbons (Fsp3) is 0.333. The molecule has 1 fully saturated rings. The van der Waals surface area contributed by atoms with Gasteiger partial charge in [-0.25, -0.2) is 9.59 Å². The van der Waals surface area contributed by atoms with Gasteiger partial charge >= 0.3 is 24.7 Å². The van der Waals surface area contributed by atoms with E-state index in [1.807, 2.05) is 0 Å². The van der Waals surface area contributed by atoms with Gasteiger partial charge in [0.25, 0.3) is 0 Å². The van der Waals surface area contributed by atoms with Crippen LogP contribution in [0.5, 0.6) is 11.5 Å². The Kier molecular flexibility index (Phi) is 9.41. The molecule has 1 atom stereocenters. The number of carbonyl (C=O) groups excluding carboxylic acids is 2. The molecule has 0 saturated carbocycles. The van der Waals surface area contributed by atoms with E-state index in [9.17, 15) is 35.9 Å². The lowest BCUT2D eigenvalue weighted by molar-refractivity contribution is -0.275. The summed E-state index contributed by atoms with van der Waals surface area (Å²) < 4.78 is 92.3. The SMILES string of the molecule is COC(=O)[C@H]1CCCCN1C(=O)NC(Cc1ccccc1)(c1cccc(OC(F)(F)F)c1)c1cccc(OC(F)(F)F)c1. The maximum absolute atomic E-state index is 14.0. The van der Waals surface area contributed by atoms with Crippen molar-refractivity contribution < 1.29 is 50.1 Å². The average Bonchev–Trinajstić information content (AvgIpc) is 2.95. The normalized spacial score (nSPS) is 15.9. The third kappa shape index (κ3) is 8.11. The first-order valence-electron chi connectivity index (χ1n) is 13.2. The van der Waals surface area contributed by atoms with Gasteiger partial charge in [0.05, 0.1) is 12.6 Å². The molecule has 0 spiro atoms. The number of carbonyl (C=O) groups is 2. The van der Waals surface area contributed by atoms with Crippen LogP contribution in [0.1, 0.15) is 36.0 Å². The topological polar surface area (TPSA) is 77.1 Å². The van der Waals surface area contributed by atoms with Crippen molar-refractivity contribution in [3.05, 3.63) is 95.6 Å². The first-order chi connectivity index (χ1) is 20.3. The maximum Gasteiger partial charge on any atom is 0.573 e. The predicted octanol–water partition coefficient (Wildman–Crippen LogP) is 6.71. The number of amides is 2. The number of hydrogen-bond donors (Lipinski definition) is 1. The van der Waals surface area contributed by atoms with Gasteiger partial charge in [0.15, 0.2) is 0 Å². The zero-order valence-electron chi connectivity index (χ0n) is 22.9. The number of benzene rings is 3. The summed E-state index contributed by atoms with van der Waals surface area (Å²) in [5, 5.41) is 2.88. The van der Waals surface area contributed by atoms with Crippen LogP contribution in [0.4, 0.5) is 31.1 Å². The monoisotopic (exact) mass is 610 g/mol. The number of nitrogens with one attached hydrogen (secondary N) is 1. The number of piperidine rings is 1. The van der Waals surface area contributed by atoms with Gasteiger partial charge in [-0.3, -0.25) is 0 Å². The van der Waals surface area contributed by atoms with Crippen LogP contribution in [0.15, 0.2) is 78.9 Å². The Morgan fingerprint density at radius 1 is 0.814 bits per heavy atom. The number of methoxy groups -OCH3 is 1. The van der Waals surface area contributed by atoms with Gasteiger partial charge in [0, 0.05) is 13.0 Å². The van der Waals surface area contributed by atoms with E-state index in [2.05, 4.69) is 14.8 Å². The molecule has 0 radical (unpaired) electrons. The van der Waals surface area contributed by atoms with Gasteiger partial charge in [0.1, 0.15) is 17.5 Å². The molecule has 2 amide bonds. The highest BCUT2D eigenvalue weighted by molar-refractivity contribution is 5.84. The molecular weight excluding hydrogens is 582 g/mol. The summed E-state index contributed by atoms with van der Waals surface area (Å²) in [6.45, 7) is 0.168. The summed E-state index contributed by atoms with van der Waals surface area (Å²) in [5.74, 6) is -1.86. The number of urea groups is 1. The zero-order chi connectivity index (χ0) is 31.3. The second kappa shape index (κ2) is 12.8. The van der Waals surface area contributed by atoms with Gasteiger partial charge in [-0.1, -0.05) is 54.6 Å². The summed E-state index contributed by atoms with van der Waals surface area (Å²) >= 11 is 0. The summed E-state index contributed by atoms with van der Waals surface area (Å²) in [5.41, 5.74) is -1.04. The molecule has 1 heterocycles. The van der Waals surface area contributed by atoms with Crippen LogP contribution in [-0.2, 0) is 21.5 Å². The minimum atomic E-state index is -5.04. The second-order valence-electron chi connectivity index (χ2n) is 9.88. The van der Waals surface area contributed by atoms with Crippen LogP contribution in [0.2, 0.25) is 0 Å². The van der Waals surface area contributed by atoms with Crippen molar-refractivity contribution in [1.29, 1.82) is 0 Å². The van der Waals surface area contributed by atoms with E-state index in [-0.39, 0.29) is 24.1 Å². The molecule has 43 heavy (non-hydrogen) atoms. The van der Waals surface area contributed by atoms with Crippen molar-refractivity contribution in [3.63, 3.8) is 0 Å². The van der Waals surface area contributed by atoms with Crippen LogP contribution in [0.3, 0.4) is 0 Å². The lowest BCUT2D eigenvalue weighted by Crippen LogP contribution is -2.58. The van der Waals surface area contributed by atoms with Crippen LogP contribution in [0, 0.1) is 0 Å². The van der Waals surface area contributed by atoms with E-state index in [0.717, 1.165) is 24.3 Å². The minimum absolute atomic E-state index is 0.0715. The van der Waals surface area contributed by atoms with Crippen LogP contribution < -0.4 is 14.8 Å². The van der Waals surface area contributed by atoms with Gasteiger partial charge < -0.3 is 24.4 Å². The van der Waals surface area contributed by atoms with Crippen molar-refractivity contribution in [2.45, 2.75) is 50.0 Å². The highest BCUT2D eigenvalue weighted by atomic mass is 19.4. The molecular formula is C30H28F6N2O5. The number of hydrogen-bond acceptors (Lipinski definition) is 5. The molecule has 230 valence electrons. The van der Waals surface area contributed by atoms with Crippen molar-refractivity contribution in [2.75, 3.05) is 13.7 Å². The first-order valence-corrected chi connectivity index (χ1v) is 13.2. The second-order valence-corrected chi connectivity index (χ2v) is 9.88. The molecule has 0 aromatic heterocycles. The standard InChI is InChI=1S/C30H28F6N2O5/c1-41-26(39)25-15-5-6-16-38(25)27(40)37-28(19-20-9-3-2-4-10-20,21-11-7-13-23(17-21)42-29(31,32)33)22-12-8-14-24(18-22)43-30(34,35)36/h2-4,7-14,17-18,25H,5-6,15-16,19H2,1H3,(H,37,40)/t25-/m1/s1. The Labute approximate surface area is 243 Å². The molecule has 7 nitrogen and oxygen atoms in total.